The van der Waals surface area contributed by atoms with Crippen molar-refractivity contribution in [2.75, 3.05) is 23.1 Å². The quantitative estimate of drug-likeness (QED) is 0.339. The minimum Gasteiger partial charge on any atom is -0.311 e. The Labute approximate surface area is 223 Å². The van der Waals surface area contributed by atoms with Gasteiger partial charge in [-0.15, -0.1) is 0 Å². The number of hydrogen-bond donors (Lipinski definition) is 0. The number of carbonyl (C=O) groups excluding carboxylic acids is 2. The number of imide groups is 1. The van der Waals surface area contributed by atoms with Crippen molar-refractivity contribution in [3.8, 4) is 0 Å². The van der Waals surface area contributed by atoms with Gasteiger partial charge in [-0.1, -0.05) is 19.1 Å². The van der Waals surface area contributed by atoms with Gasteiger partial charge < -0.3 is 4.57 Å². The van der Waals surface area contributed by atoms with Gasteiger partial charge in [-0.25, -0.2) is 13.9 Å². The second-order valence-electron chi connectivity index (χ2n) is 9.88. The SMILES string of the molecule is CCc1cnn2ccc(N3CCCN3c3cc(F)cn(CC[C@@H](C)N4C(=O)c5ccccc5C4=O)c3=O)nc12. The molecule has 1 atom stereocenters. The fourth-order valence-electron chi connectivity index (χ4n) is 5.40. The molecule has 2 aliphatic heterocycles. The average Bonchev–Trinajstić information content (AvgIpc) is 3.65. The van der Waals surface area contributed by atoms with Gasteiger partial charge in [-0.05, 0) is 38.3 Å². The highest BCUT2D eigenvalue weighted by molar-refractivity contribution is 6.21. The number of aromatic nitrogens is 4. The third-order valence-electron chi connectivity index (χ3n) is 7.47. The predicted octanol–water partition coefficient (Wildman–Crippen LogP) is 3.30. The van der Waals surface area contributed by atoms with Gasteiger partial charge in [0.25, 0.3) is 17.4 Å². The lowest BCUT2D eigenvalue weighted by Crippen LogP contribution is -2.42. The number of rotatable bonds is 7. The fourth-order valence-corrected chi connectivity index (χ4v) is 5.40. The number of benzene rings is 1. The van der Waals surface area contributed by atoms with E-state index >= 15 is 0 Å². The van der Waals surface area contributed by atoms with E-state index in [1.807, 2.05) is 24.2 Å². The molecule has 0 spiro atoms. The molecule has 2 amide bonds. The Balaban J connectivity index is 1.24. The summed E-state index contributed by atoms with van der Waals surface area (Å²) in [7, 11) is 0. The van der Waals surface area contributed by atoms with Crippen LogP contribution in [-0.2, 0) is 13.0 Å². The molecule has 0 bridgehead atoms. The third kappa shape index (κ3) is 4.14. The van der Waals surface area contributed by atoms with Crippen molar-refractivity contribution in [3.63, 3.8) is 0 Å². The summed E-state index contributed by atoms with van der Waals surface area (Å²) in [6.45, 7) is 5.12. The first-order valence-electron chi connectivity index (χ1n) is 13.1. The van der Waals surface area contributed by atoms with E-state index in [-0.39, 0.29) is 29.6 Å². The number of amides is 2. The first-order chi connectivity index (χ1) is 18.9. The highest BCUT2D eigenvalue weighted by atomic mass is 19.1. The van der Waals surface area contributed by atoms with E-state index in [9.17, 15) is 18.8 Å². The van der Waals surface area contributed by atoms with E-state index in [2.05, 4.69) is 5.10 Å². The molecule has 0 aliphatic carbocycles. The Morgan fingerprint density at radius 1 is 1.03 bits per heavy atom. The molecule has 4 aromatic rings. The van der Waals surface area contributed by atoms with Crippen LogP contribution < -0.4 is 15.6 Å². The summed E-state index contributed by atoms with van der Waals surface area (Å²) in [4.78, 5) is 45.2. The van der Waals surface area contributed by atoms with E-state index in [1.165, 1.54) is 21.7 Å². The van der Waals surface area contributed by atoms with Crippen LogP contribution in [-0.4, -0.2) is 55.0 Å². The average molecular weight is 530 g/mol. The van der Waals surface area contributed by atoms with Gasteiger partial charge in [0.15, 0.2) is 11.5 Å². The standard InChI is InChI=1S/C28H28FN7O3/c1-3-19-16-30-33-14-10-24(31-25(19)33)35-12-6-11-34(35)23-15-20(29)17-32(28(23)39)13-9-18(2)36-26(37)21-7-4-5-8-22(21)27(36)38/h4-5,7-8,10,14-18H,3,6,9,11-13H2,1-2H3/t18-/m1/s1. The Morgan fingerprint density at radius 3 is 2.46 bits per heavy atom. The van der Waals surface area contributed by atoms with Crippen LogP contribution in [0.15, 0.2) is 59.8 Å². The molecule has 200 valence electrons. The van der Waals surface area contributed by atoms with E-state index in [0.717, 1.165) is 24.1 Å². The molecule has 0 N–H and O–H groups in total. The van der Waals surface area contributed by atoms with Gasteiger partial charge in [0, 0.05) is 55.8 Å². The predicted molar refractivity (Wildman–Crippen MR) is 143 cm³/mol. The number of hydrazine groups is 1. The van der Waals surface area contributed by atoms with Crippen molar-refractivity contribution in [3.05, 3.63) is 87.9 Å². The van der Waals surface area contributed by atoms with E-state index < -0.39 is 11.9 Å². The van der Waals surface area contributed by atoms with Crippen molar-refractivity contribution < 1.29 is 14.0 Å². The molecule has 0 saturated carbocycles. The molecule has 39 heavy (non-hydrogen) atoms. The Bertz CT molecular complexity index is 1630. The fraction of sp³-hybridized carbons (Fsp3) is 0.321. The summed E-state index contributed by atoms with van der Waals surface area (Å²) in [5.74, 6) is -0.587. The van der Waals surface area contributed by atoms with Crippen LogP contribution in [0.3, 0.4) is 0 Å². The number of fused-ring (bicyclic) bond motifs is 2. The zero-order valence-corrected chi connectivity index (χ0v) is 21.7. The molecule has 6 rings (SSSR count). The van der Waals surface area contributed by atoms with Crippen molar-refractivity contribution in [1.82, 2.24) is 24.1 Å². The highest BCUT2D eigenvalue weighted by Gasteiger charge is 2.38. The lowest BCUT2D eigenvalue weighted by atomic mass is 10.1. The summed E-state index contributed by atoms with van der Waals surface area (Å²) < 4.78 is 17.9. The Hall–Kier alpha value is -4.54. The van der Waals surface area contributed by atoms with Crippen LogP contribution in [0.4, 0.5) is 15.9 Å². The minimum atomic E-state index is -0.544. The van der Waals surface area contributed by atoms with Gasteiger partial charge in [0.2, 0.25) is 0 Å². The molecule has 0 unspecified atom stereocenters. The minimum absolute atomic E-state index is 0.145. The summed E-state index contributed by atoms with van der Waals surface area (Å²) >= 11 is 0. The summed E-state index contributed by atoms with van der Waals surface area (Å²) in [6.07, 6.45) is 6.67. The lowest BCUT2D eigenvalue weighted by molar-refractivity contribution is 0.0586. The number of carbonyl (C=O) groups is 2. The van der Waals surface area contributed by atoms with Gasteiger partial charge in [-0.3, -0.25) is 29.3 Å². The molecular formula is C28H28FN7O3. The molecule has 3 aromatic heterocycles. The van der Waals surface area contributed by atoms with Crippen LogP contribution in [0.2, 0.25) is 0 Å². The second-order valence-corrected chi connectivity index (χ2v) is 9.88. The van der Waals surface area contributed by atoms with Crippen LogP contribution in [0.5, 0.6) is 0 Å². The molecule has 5 heterocycles. The summed E-state index contributed by atoms with van der Waals surface area (Å²) in [5.41, 5.74) is 2.39. The molecular weight excluding hydrogens is 501 g/mol. The largest absolute Gasteiger partial charge is 0.311 e. The molecule has 1 fully saturated rings. The smallest absolute Gasteiger partial charge is 0.276 e. The maximum atomic E-state index is 14.8. The maximum Gasteiger partial charge on any atom is 0.276 e. The molecule has 10 nitrogen and oxygen atoms in total. The number of aryl methyl sites for hydroxylation is 2. The zero-order chi connectivity index (χ0) is 27.3. The first kappa shape index (κ1) is 24.8. The summed E-state index contributed by atoms with van der Waals surface area (Å²) in [6, 6.07) is 9.32. The monoisotopic (exact) mass is 529 g/mol. The highest BCUT2D eigenvalue weighted by Crippen LogP contribution is 2.27. The topological polar surface area (TPSA) is 96.0 Å². The molecule has 1 saturated heterocycles. The zero-order valence-electron chi connectivity index (χ0n) is 21.7. The molecule has 2 aliphatic rings. The maximum absolute atomic E-state index is 14.8. The van der Waals surface area contributed by atoms with Gasteiger partial charge in [0.1, 0.15) is 11.5 Å². The van der Waals surface area contributed by atoms with Gasteiger partial charge >= 0.3 is 0 Å². The number of pyridine rings is 1. The third-order valence-corrected chi connectivity index (χ3v) is 7.47. The lowest BCUT2D eigenvalue weighted by Gasteiger charge is -2.30. The van der Waals surface area contributed by atoms with Crippen LogP contribution in [0.25, 0.3) is 5.65 Å². The van der Waals surface area contributed by atoms with Crippen molar-refractivity contribution >= 4 is 29.0 Å². The molecule has 1 aromatic carbocycles. The van der Waals surface area contributed by atoms with Crippen LogP contribution in [0.1, 0.15) is 53.0 Å². The van der Waals surface area contributed by atoms with E-state index in [0.29, 0.717) is 36.5 Å². The van der Waals surface area contributed by atoms with Gasteiger partial charge in [-0.2, -0.15) is 5.10 Å². The van der Waals surface area contributed by atoms with Crippen LogP contribution >= 0.6 is 0 Å². The van der Waals surface area contributed by atoms with Crippen molar-refractivity contribution in [1.29, 1.82) is 0 Å². The summed E-state index contributed by atoms with van der Waals surface area (Å²) in [5, 5.41) is 8.00. The number of halogens is 1. The number of nitrogens with zero attached hydrogens (tertiary/aromatic N) is 7. The Kier molecular flexibility index (Phi) is 6.13. The Morgan fingerprint density at radius 2 is 1.74 bits per heavy atom. The van der Waals surface area contributed by atoms with E-state index in [4.69, 9.17) is 4.98 Å². The van der Waals surface area contributed by atoms with Crippen molar-refractivity contribution in [2.24, 2.45) is 0 Å². The molecule has 0 radical (unpaired) electrons. The first-order valence-corrected chi connectivity index (χ1v) is 13.1. The normalized spacial score (nSPS) is 16.0. The van der Waals surface area contributed by atoms with Crippen LogP contribution in [0, 0.1) is 5.82 Å². The molecule has 11 heteroatoms. The van der Waals surface area contributed by atoms with Crippen molar-refractivity contribution in [2.45, 2.75) is 45.7 Å². The van der Waals surface area contributed by atoms with Gasteiger partial charge in [0.05, 0.1) is 17.3 Å². The second kappa shape index (κ2) is 9.64. The number of hydrogen-bond acceptors (Lipinski definition) is 7. The number of anilines is 2. The van der Waals surface area contributed by atoms with E-state index in [1.54, 1.807) is 46.9 Å².